The van der Waals surface area contributed by atoms with E-state index in [1.807, 2.05) is 4.90 Å². The lowest BCUT2D eigenvalue weighted by molar-refractivity contribution is -0.136. The minimum atomic E-state index is -4.78. The van der Waals surface area contributed by atoms with Crippen molar-refractivity contribution in [2.75, 3.05) is 18.0 Å². The highest BCUT2D eigenvalue weighted by molar-refractivity contribution is 7.17. The number of nitrogens with zero attached hydrogens (tertiary/aromatic N) is 4. The molecule has 128 valence electrons. The summed E-state index contributed by atoms with van der Waals surface area (Å²) >= 11 is 1.16. The maximum Gasteiger partial charge on any atom is 0.437 e. The summed E-state index contributed by atoms with van der Waals surface area (Å²) in [6, 6.07) is 7.41. The molecule has 0 saturated carbocycles. The maximum atomic E-state index is 12.8. The minimum absolute atomic E-state index is 0.378. The average molecular weight is 366 g/mol. The number of thiophene rings is 1. The predicted molar refractivity (Wildman–Crippen MR) is 82.3 cm³/mol. The zero-order valence-corrected chi connectivity index (χ0v) is 13.3. The summed E-state index contributed by atoms with van der Waals surface area (Å²) in [4.78, 5) is 17.8. The maximum absolute atomic E-state index is 12.8. The lowest BCUT2D eigenvalue weighted by Gasteiger charge is -2.14. The summed E-state index contributed by atoms with van der Waals surface area (Å²) in [6.45, 7) is 0.755. The van der Waals surface area contributed by atoms with E-state index in [0.29, 0.717) is 23.0 Å². The quantitative estimate of drug-likeness (QED) is 0.593. The van der Waals surface area contributed by atoms with Crippen molar-refractivity contribution in [2.24, 2.45) is 17.0 Å². The largest absolute Gasteiger partial charge is 0.437 e. The summed E-state index contributed by atoms with van der Waals surface area (Å²) < 4.78 is 38.5. The molecule has 10 heteroatoms. The van der Waals surface area contributed by atoms with Crippen LogP contribution in [0.15, 0.2) is 22.9 Å². The van der Waals surface area contributed by atoms with E-state index in [1.165, 1.54) is 0 Å². The molecule has 0 bridgehead atoms. The van der Waals surface area contributed by atoms with E-state index in [1.54, 1.807) is 12.1 Å². The van der Waals surface area contributed by atoms with Gasteiger partial charge in [0.2, 0.25) is 0 Å². The molecule has 2 aliphatic heterocycles. The van der Waals surface area contributed by atoms with Crippen molar-refractivity contribution in [3.05, 3.63) is 22.6 Å². The average Bonchev–Trinajstić information content (AvgIpc) is 3.25. The third kappa shape index (κ3) is 3.21. The molecule has 0 spiro atoms. The number of halogens is 3. The molecular weight excluding hydrogens is 357 g/mol. The first kappa shape index (κ1) is 17.0. The van der Waals surface area contributed by atoms with Crippen LogP contribution >= 0.6 is 11.3 Å². The molecule has 1 aromatic heterocycles. The standard InChI is InChI=1S/C15H9F3N4O2S/c16-15(17,18)13-11(14(23)24-21-13)3-10-1-2-12(25-10)22-6-8(4-19)9(5-20)7-22/h1-3,8-9H,6-7H2/b11-3-/t8-,9+. The molecule has 1 saturated heterocycles. The molecule has 0 radical (unpaired) electrons. The fourth-order valence-corrected chi connectivity index (χ4v) is 3.56. The monoisotopic (exact) mass is 366 g/mol. The van der Waals surface area contributed by atoms with Crippen LogP contribution < -0.4 is 4.90 Å². The second kappa shape index (κ2) is 6.22. The van der Waals surface area contributed by atoms with Crippen LogP contribution in [0.3, 0.4) is 0 Å². The topological polar surface area (TPSA) is 89.5 Å². The van der Waals surface area contributed by atoms with Crippen LogP contribution in [0.1, 0.15) is 4.88 Å². The molecule has 1 fully saturated rings. The van der Waals surface area contributed by atoms with Crippen molar-refractivity contribution in [3.63, 3.8) is 0 Å². The molecule has 0 N–H and O–H groups in total. The number of nitriles is 2. The summed E-state index contributed by atoms with van der Waals surface area (Å²) in [5.41, 5.74) is -2.00. The van der Waals surface area contributed by atoms with Gasteiger partial charge in [0.1, 0.15) is 0 Å². The van der Waals surface area contributed by atoms with E-state index in [9.17, 15) is 18.0 Å². The molecule has 1 aromatic rings. The molecule has 2 atom stereocenters. The van der Waals surface area contributed by atoms with E-state index in [2.05, 4.69) is 22.1 Å². The van der Waals surface area contributed by atoms with Crippen LogP contribution in [-0.2, 0) is 9.63 Å². The van der Waals surface area contributed by atoms with Crippen LogP contribution in [0.2, 0.25) is 0 Å². The Kier molecular flexibility index (Phi) is 4.23. The lowest BCUT2D eigenvalue weighted by Crippen LogP contribution is -2.24. The zero-order chi connectivity index (χ0) is 18.2. The van der Waals surface area contributed by atoms with E-state index >= 15 is 0 Å². The van der Waals surface area contributed by atoms with Gasteiger partial charge in [-0.3, -0.25) is 0 Å². The molecule has 3 rings (SSSR count). The smallest absolute Gasteiger partial charge is 0.361 e. The van der Waals surface area contributed by atoms with Crippen molar-refractivity contribution >= 4 is 34.1 Å². The number of rotatable bonds is 2. The van der Waals surface area contributed by atoms with Crippen molar-refractivity contribution < 1.29 is 22.8 Å². The highest BCUT2D eigenvalue weighted by Crippen LogP contribution is 2.35. The van der Waals surface area contributed by atoms with Gasteiger partial charge >= 0.3 is 12.1 Å². The van der Waals surface area contributed by atoms with Gasteiger partial charge in [-0.15, -0.1) is 11.3 Å². The first-order valence-electron chi connectivity index (χ1n) is 7.06. The summed E-state index contributed by atoms with van der Waals surface area (Å²) in [5, 5.41) is 21.6. The molecule has 0 aromatic carbocycles. The molecule has 0 amide bonds. The number of hydrogen-bond donors (Lipinski definition) is 0. The Hall–Kier alpha value is -2.85. The first-order chi connectivity index (χ1) is 11.8. The fourth-order valence-electron chi connectivity index (χ4n) is 2.59. The fraction of sp³-hybridized carbons (Fsp3) is 0.333. The van der Waals surface area contributed by atoms with Gasteiger partial charge in [-0.2, -0.15) is 23.7 Å². The van der Waals surface area contributed by atoms with Gasteiger partial charge in [0.25, 0.3) is 0 Å². The zero-order valence-electron chi connectivity index (χ0n) is 12.4. The Balaban J connectivity index is 1.83. The number of carbonyl (C=O) groups is 1. The third-order valence-electron chi connectivity index (χ3n) is 3.83. The van der Waals surface area contributed by atoms with Gasteiger partial charge in [-0.05, 0) is 18.2 Å². The molecule has 2 aliphatic rings. The second-order valence-corrected chi connectivity index (χ2v) is 6.52. The number of hydrogen-bond acceptors (Lipinski definition) is 7. The van der Waals surface area contributed by atoms with E-state index in [4.69, 9.17) is 10.5 Å². The van der Waals surface area contributed by atoms with Crippen molar-refractivity contribution in [3.8, 4) is 12.1 Å². The Morgan fingerprint density at radius 2 is 1.92 bits per heavy atom. The number of alkyl halides is 3. The van der Waals surface area contributed by atoms with Crippen LogP contribution in [0, 0.1) is 34.5 Å². The molecule has 6 nitrogen and oxygen atoms in total. The highest BCUT2D eigenvalue weighted by Gasteiger charge is 2.45. The Morgan fingerprint density at radius 3 is 2.48 bits per heavy atom. The van der Waals surface area contributed by atoms with Crippen LogP contribution in [0.25, 0.3) is 6.08 Å². The summed E-state index contributed by atoms with van der Waals surface area (Å²) in [7, 11) is 0. The number of anilines is 1. The predicted octanol–water partition coefficient (Wildman–Crippen LogP) is 2.71. The van der Waals surface area contributed by atoms with Gasteiger partial charge in [0, 0.05) is 18.0 Å². The van der Waals surface area contributed by atoms with Gasteiger partial charge in [-0.25, -0.2) is 4.79 Å². The van der Waals surface area contributed by atoms with Crippen LogP contribution in [0.5, 0.6) is 0 Å². The van der Waals surface area contributed by atoms with Crippen LogP contribution in [0.4, 0.5) is 18.2 Å². The van der Waals surface area contributed by atoms with E-state index in [-0.39, 0.29) is 0 Å². The Bertz CT molecular complexity index is 837. The van der Waals surface area contributed by atoms with E-state index in [0.717, 1.165) is 17.4 Å². The molecule has 3 heterocycles. The normalized spacial score (nSPS) is 24.8. The Morgan fingerprint density at radius 1 is 1.28 bits per heavy atom. The van der Waals surface area contributed by atoms with Crippen molar-refractivity contribution in [1.29, 1.82) is 10.5 Å². The molecule has 25 heavy (non-hydrogen) atoms. The minimum Gasteiger partial charge on any atom is -0.361 e. The van der Waals surface area contributed by atoms with Crippen molar-refractivity contribution in [2.45, 2.75) is 6.18 Å². The SMILES string of the molecule is N#C[C@@H]1CN(c2ccc(/C=C3\C(=O)ON=C3C(F)(F)F)s2)C[C@@H]1C#N. The van der Waals surface area contributed by atoms with Crippen molar-refractivity contribution in [1.82, 2.24) is 0 Å². The molecular formula is C15H9F3N4O2S. The third-order valence-corrected chi connectivity index (χ3v) is 4.92. The van der Waals surface area contributed by atoms with Gasteiger partial charge < -0.3 is 9.74 Å². The van der Waals surface area contributed by atoms with Gasteiger partial charge in [0.05, 0.1) is 34.5 Å². The van der Waals surface area contributed by atoms with Gasteiger partial charge in [0.15, 0.2) is 5.71 Å². The molecule has 0 unspecified atom stereocenters. The van der Waals surface area contributed by atoms with Gasteiger partial charge in [-0.1, -0.05) is 5.16 Å². The number of oxime groups is 1. The summed E-state index contributed by atoms with van der Waals surface area (Å²) in [6.07, 6.45) is -3.71. The summed E-state index contributed by atoms with van der Waals surface area (Å²) in [5.74, 6) is -1.98. The number of carbonyl (C=O) groups excluding carboxylic acids is 1. The second-order valence-electron chi connectivity index (χ2n) is 5.43. The van der Waals surface area contributed by atoms with Crippen LogP contribution in [-0.4, -0.2) is 30.9 Å². The lowest BCUT2D eigenvalue weighted by atomic mass is 10.00. The molecule has 0 aliphatic carbocycles. The van der Waals surface area contributed by atoms with E-state index < -0.39 is 35.3 Å². The Labute approximate surface area is 144 Å². The first-order valence-corrected chi connectivity index (χ1v) is 7.87. The highest BCUT2D eigenvalue weighted by atomic mass is 32.1.